The minimum atomic E-state index is -0.0663. The fourth-order valence-corrected chi connectivity index (χ4v) is 1.43. The van der Waals surface area contributed by atoms with Crippen LogP contribution in [0.4, 0.5) is 0 Å². The minimum Gasteiger partial charge on any atom is -0.353 e. The van der Waals surface area contributed by atoms with Crippen molar-refractivity contribution in [1.29, 1.82) is 0 Å². The third kappa shape index (κ3) is 3.33. The largest absolute Gasteiger partial charge is 0.353 e. The highest BCUT2D eigenvalue weighted by atomic mass is 16.2. The standard InChI is InChI=1S/C9H17N3O2/c10-4-2-1-3-9(14)12-6-5-11-8(13)7-12/h1-7,10H2,(H,11,13). The Bertz CT molecular complexity index is 218. The molecule has 1 fully saturated rings. The van der Waals surface area contributed by atoms with Gasteiger partial charge in [-0.3, -0.25) is 9.59 Å². The van der Waals surface area contributed by atoms with Crippen molar-refractivity contribution in [2.45, 2.75) is 19.3 Å². The quantitative estimate of drug-likeness (QED) is 0.575. The van der Waals surface area contributed by atoms with Crippen molar-refractivity contribution >= 4 is 11.8 Å². The van der Waals surface area contributed by atoms with E-state index >= 15 is 0 Å². The van der Waals surface area contributed by atoms with Crippen LogP contribution < -0.4 is 11.1 Å². The fourth-order valence-electron chi connectivity index (χ4n) is 1.43. The van der Waals surface area contributed by atoms with Gasteiger partial charge in [0.1, 0.15) is 0 Å². The number of nitrogens with two attached hydrogens (primary N) is 1. The van der Waals surface area contributed by atoms with Gasteiger partial charge >= 0.3 is 0 Å². The molecular formula is C9H17N3O2. The number of nitrogens with zero attached hydrogens (tertiary/aromatic N) is 1. The Labute approximate surface area is 83.6 Å². The average Bonchev–Trinajstić information content (AvgIpc) is 2.18. The molecule has 0 aromatic rings. The molecule has 0 aromatic carbocycles. The zero-order valence-electron chi connectivity index (χ0n) is 8.29. The predicted octanol–water partition coefficient (Wildman–Crippen LogP) is -0.926. The van der Waals surface area contributed by atoms with E-state index in [-0.39, 0.29) is 18.4 Å². The number of hydrogen-bond donors (Lipinski definition) is 2. The molecule has 1 saturated heterocycles. The van der Waals surface area contributed by atoms with Crippen molar-refractivity contribution < 1.29 is 9.59 Å². The maximum atomic E-state index is 11.5. The van der Waals surface area contributed by atoms with Gasteiger partial charge in [-0.05, 0) is 19.4 Å². The van der Waals surface area contributed by atoms with Gasteiger partial charge in [0.15, 0.2) is 0 Å². The smallest absolute Gasteiger partial charge is 0.239 e. The van der Waals surface area contributed by atoms with Gasteiger partial charge in [-0.15, -0.1) is 0 Å². The first-order chi connectivity index (χ1) is 6.74. The summed E-state index contributed by atoms with van der Waals surface area (Å²) >= 11 is 0. The molecule has 80 valence electrons. The van der Waals surface area contributed by atoms with Gasteiger partial charge in [-0.1, -0.05) is 0 Å². The lowest BCUT2D eigenvalue weighted by Gasteiger charge is -2.26. The van der Waals surface area contributed by atoms with Gasteiger partial charge in [0.2, 0.25) is 11.8 Å². The van der Waals surface area contributed by atoms with Crippen LogP contribution in [0.5, 0.6) is 0 Å². The van der Waals surface area contributed by atoms with Crippen LogP contribution in [0.2, 0.25) is 0 Å². The van der Waals surface area contributed by atoms with Crippen LogP contribution in [0.15, 0.2) is 0 Å². The van der Waals surface area contributed by atoms with E-state index in [0.29, 0.717) is 26.1 Å². The number of nitrogens with one attached hydrogen (secondary N) is 1. The van der Waals surface area contributed by atoms with Crippen LogP contribution in [-0.4, -0.2) is 42.9 Å². The van der Waals surface area contributed by atoms with Gasteiger partial charge < -0.3 is 16.0 Å². The predicted molar refractivity (Wildman–Crippen MR) is 52.5 cm³/mol. The SMILES string of the molecule is NCCCCC(=O)N1CCNC(=O)C1. The van der Waals surface area contributed by atoms with Gasteiger partial charge in [-0.2, -0.15) is 0 Å². The van der Waals surface area contributed by atoms with E-state index < -0.39 is 0 Å². The molecule has 0 aromatic heterocycles. The first-order valence-corrected chi connectivity index (χ1v) is 4.98. The van der Waals surface area contributed by atoms with Crippen LogP contribution in [0.25, 0.3) is 0 Å². The first-order valence-electron chi connectivity index (χ1n) is 4.98. The second-order valence-corrected chi connectivity index (χ2v) is 3.41. The van der Waals surface area contributed by atoms with Crippen molar-refractivity contribution in [2.75, 3.05) is 26.2 Å². The molecule has 0 atom stereocenters. The third-order valence-electron chi connectivity index (χ3n) is 2.24. The molecule has 5 nitrogen and oxygen atoms in total. The van der Waals surface area contributed by atoms with Gasteiger partial charge in [0, 0.05) is 19.5 Å². The lowest BCUT2D eigenvalue weighted by Crippen LogP contribution is -2.49. The summed E-state index contributed by atoms with van der Waals surface area (Å²) in [5, 5.41) is 2.68. The Balaban J connectivity index is 2.25. The van der Waals surface area contributed by atoms with Gasteiger partial charge in [0.25, 0.3) is 0 Å². The van der Waals surface area contributed by atoms with Crippen molar-refractivity contribution in [2.24, 2.45) is 5.73 Å². The summed E-state index contributed by atoms with van der Waals surface area (Å²) in [6.45, 7) is 2.03. The summed E-state index contributed by atoms with van der Waals surface area (Å²) < 4.78 is 0. The number of hydrogen-bond acceptors (Lipinski definition) is 3. The molecule has 2 amide bonds. The zero-order valence-corrected chi connectivity index (χ0v) is 8.29. The van der Waals surface area contributed by atoms with E-state index in [1.54, 1.807) is 4.90 Å². The summed E-state index contributed by atoms with van der Waals surface area (Å²) in [6.07, 6.45) is 2.18. The topological polar surface area (TPSA) is 75.4 Å². The van der Waals surface area contributed by atoms with Crippen molar-refractivity contribution in [3.05, 3.63) is 0 Å². The second kappa shape index (κ2) is 5.59. The highest BCUT2D eigenvalue weighted by molar-refractivity contribution is 5.85. The number of carbonyl (C=O) groups excluding carboxylic acids is 2. The Morgan fingerprint density at radius 1 is 1.50 bits per heavy atom. The van der Waals surface area contributed by atoms with E-state index in [1.807, 2.05) is 0 Å². The maximum absolute atomic E-state index is 11.5. The monoisotopic (exact) mass is 199 g/mol. The van der Waals surface area contributed by atoms with Crippen LogP contribution in [0.3, 0.4) is 0 Å². The molecule has 3 N–H and O–H groups in total. The van der Waals surface area contributed by atoms with Crippen molar-refractivity contribution in [1.82, 2.24) is 10.2 Å². The Hall–Kier alpha value is -1.10. The van der Waals surface area contributed by atoms with Crippen LogP contribution in [0, 0.1) is 0 Å². The normalized spacial score (nSPS) is 16.6. The van der Waals surface area contributed by atoms with E-state index in [4.69, 9.17) is 5.73 Å². The molecule has 0 unspecified atom stereocenters. The Kier molecular flexibility index (Phi) is 4.39. The molecule has 14 heavy (non-hydrogen) atoms. The van der Waals surface area contributed by atoms with E-state index in [9.17, 15) is 9.59 Å². The van der Waals surface area contributed by atoms with Crippen molar-refractivity contribution in [3.63, 3.8) is 0 Å². The van der Waals surface area contributed by atoms with E-state index in [1.165, 1.54) is 0 Å². The molecular weight excluding hydrogens is 182 g/mol. The summed E-state index contributed by atoms with van der Waals surface area (Å²) in [4.78, 5) is 24.1. The summed E-state index contributed by atoms with van der Waals surface area (Å²) in [5.41, 5.74) is 5.33. The van der Waals surface area contributed by atoms with E-state index in [2.05, 4.69) is 5.32 Å². The molecule has 1 rings (SSSR count). The lowest BCUT2D eigenvalue weighted by molar-refractivity contribution is -0.138. The number of rotatable bonds is 4. The Morgan fingerprint density at radius 2 is 2.29 bits per heavy atom. The first kappa shape index (κ1) is 11.0. The molecule has 0 spiro atoms. The summed E-state index contributed by atoms with van der Waals surface area (Å²) in [5.74, 6) is -0.00303. The second-order valence-electron chi connectivity index (χ2n) is 3.41. The Morgan fingerprint density at radius 3 is 2.93 bits per heavy atom. The van der Waals surface area contributed by atoms with Crippen LogP contribution in [-0.2, 0) is 9.59 Å². The minimum absolute atomic E-state index is 0.0632. The van der Waals surface area contributed by atoms with Gasteiger partial charge in [0.05, 0.1) is 6.54 Å². The molecule has 1 aliphatic rings. The number of carbonyl (C=O) groups is 2. The lowest BCUT2D eigenvalue weighted by atomic mass is 10.2. The van der Waals surface area contributed by atoms with Crippen molar-refractivity contribution in [3.8, 4) is 0 Å². The van der Waals surface area contributed by atoms with Gasteiger partial charge in [-0.25, -0.2) is 0 Å². The maximum Gasteiger partial charge on any atom is 0.239 e. The molecule has 1 aliphatic heterocycles. The number of amides is 2. The number of piperazine rings is 1. The molecule has 0 saturated carbocycles. The summed E-state index contributed by atoms with van der Waals surface area (Å²) in [7, 11) is 0. The highest BCUT2D eigenvalue weighted by Crippen LogP contribution is 2.01. The highest BCUT2D eigenvalue weighted by Gasteiger charge is 2.19. The van der Waals surface area contributed by atoms with Crippen LogP contribution >= 0.6 is 0 Å². The molecule has 0 aliphatic carbocycles. The van der Waals surface area contributed by atoms with Crippen LogP contribution in [0.1, 0.15) is 19.3 Å². The van der Waals surface area contributed by atoms with E-state index in [0.717, 1.165) is 12.8 Å². The molecule has 5 heteroatoms. The molecule has 0 radical (unpaired) electrons. The fraction of sp³-hybridized carbons (Fsp3) is 0.778. The third-order valence-corrected chi connectivity index (χ3v) is 2.24. The average molecular weight is 199 g/mol. The molecule has 0 bridgehead atoms. The summed E-state index contributed by atoms with van der Waals surface area (Å²) in [6, 6.07) is 0. The zero-order chi connectivity index (χ0) is 10.4. The molecule has 1 heterocycles. The number of unbranched alkanes of at least 4 members (excludes halogenated alkanes) is 1.